The Morgan fingerprint density at radius 1 is 0.294 bits per heavy atom. The molecule has 0 saturated carbocycles. The maximum atomic E-state index is 12.7. The van der Waals surface area contributed by atoms with Crippen molar-refractivity contribution >= 4 is 46.9 Å². The van der Waals surface area contributed by atoms with Gasteiger partial charge in [-0.15, -0.1) is 0 Å². The van der Waals surface area contributed by atoms with Crippen LogP contribution in [0.4, 0.5) is 17.1 Å². The first-order chi connectivity index (χ1) is 49.5. The lowest BCUT2D eigenvalue weighted by Gasteiger charge is -2.31. The quantitative estimate of drug-likeness (QED) is 0.00752. The third-order valence-electron chi connectivity index (χ3n) is 16.2. The number of carbonyl (C=O) groups is 5. The van der Waals surface area contributed by atoms with E-state index >= 15 is 0 Å². The van der Waals surface area contributed by atoms with Gasteiger partial charge in [0, 0.05) is 115 Å². The van der Waals surface area contributed by atoms with Crippen LogP contribution in [-0.4, -0.2) is 95.6 Å². The summed E-state index contributed by atoms with van der Waals surface area (Å²) in [5.74, 6) is -1.64. The first-order valence-electron chi connectivity index (χ1n) is 35.2. The van der Waals surface area contributed by atoms with Gasteiger partial charge in [0.25, 0.3) is 0 Å². The highest BCUT2D eigenvalue weighted by Crippen LogP contribution is 2.25. The largest absolute Gasteiger partial charge is 0.466 e. The maximum Gasteiger partial charge on any atom is 0.307 e. The molecule has 0 bridgehead atoms. The fourth-order valence-corrected chi connectivity index (χ4v) is 9.40. The smallest absolute Gasteiger partial charge is 0.307 e. The molecule has 7 aromatic rings. The molecule has 0 aromatic heterocycles. The summed E-state index contributed by atoms with van der Waals surface area (Å²) in [7, 11) is 0. The second-order valence-corrected chi connectivity index (χ2v) is 24.5. The lowest BCUT2D eigenvalue weighted by atomic mass is 9.88. The average molecular weight is 1400 g/mol. The summed E-state index contributed by atoms with van der Waals surface area (Å²) in [4.78, 5) is 61.6. The van der Waals surface area contributed by atoms with Crippen molar-refractivity contribution in [2.24, 2.45) is 34.1 Å². The van der Waals surface area contributed by atoms with Crippen LogP contribution in [0.5, 0.6) is 0 Å². The zero-order valence-electron chi connectivity index (χ0n) is 59.9. The van der Waals surface area contributed by atoms with Crippen LogP contribution < -0.4 is 72.5 Å². The summed E-state index contributed by atoms with van der Waals surface area (Å²) >= 11 is 0. The molecule has 7 rings (SSSR count). The van der Waals surface area contributed by atoms with E-state index in [1.165, 1.54) is 5.56 Å². The number of hydrogen-bond donors (Lipinski definition) is 13. The monoisotopic (exact) mass is 1400 g/mol. The predicted molar refractivity (Wildman–Crippen MR) is 406 cm³/mol. The van der Waals surface area contributed by atoms with Gasteiger partial charge in [0.15, 0.2) is 0 Å². The van der Waals surface area contributed by atoms with E-state index < -0.39 is 17.4 Å². The van der Waals surface area contributed by atoms with Crippen molar-refractivity contribution in [2.45, 2.75) is 137 Å². The molecule has 7 aromatic carbocycles. The third kappa shape index (κ3) is 38.6. The number of nitrogens with one attached hydrogen (secondary N) is 5. The molecular weight excluding hydrogens is 1290 g/mol. The van der Waals surface area contributed by atoms with Crippen LogP contribution in [0.15, 0.2) is 170 Å². The Morgan fingerprint density at radius 3 is 0.706 bits per heavy atom. The van der Waals surface area contributed by atoms with Crippen molar-refractivity contribution < 1.29 is 47.7 Å². The molecule has 0 fully saturated rings. The maximum absolute atomic E-state index is 12.7. The minimum absolute atomic E-state index is 0.0462. The highest BCUT2D eigenvalue weighted by atomic mass is 16.6. The van der Waals surface area contributed by atoms with Gasteiger partial charge in [-0.25, -0.2) is 0 Å². The van der Waals surface area contributed by atoms with Crippen LogP contribution in [0, 0.1) is 5.41 Å². The van der Waals surface area contributed by atoms with E-state index in [4.69, 9.17) is 69.6 Å². The highest BCUT2D eigenvalue weighted by molar-refractivity contribution is 5.71. The minimum atomic E-state index is -0.883. The number of ether oxygens (including phenoxy) is 5. The summed E-state index contributed by atoms with van der Waals surface area (Å²) in [6.07, 6.45) is 3.89. The van der Waals surface area contributed by atoms with Crippen molar-refractivity contribution in [1.29, 1.82) is 0 Å². The van der Waals surface area contributed by atoms with Gasteiger partial charge in [0.1, 0.15) is 19.8 Å². The van der Waals surface area contributed by atoms with E-state index in [-0.39, 0.29) is 57.0 Å². The zero-order chi connectivity index (χ0) is 73.8. The van der Waals surface area contributed by atoms with E-state index in [2.05, 4.69) is 57.8 Å². The van der Waals surface area contributed by atoms with Crippen molar-refractivity contribution in [1.82, 2.24) is 26.6 Å². The molecular formula is C79H113N13O10. The van der Waals surface area contributed by atoms with E-state index in [1.807, 2.05) is 153 Å². The van der Waals surface area contributed by atoms with Gasteiger partial charge in [-0.1, -0.05) is 147 Å². The molecule has 0 saturated heterocycles. The average Bonchev–Trinajstić information content (AvgIpc) is 0.867. The van der Waals surface area contributed by atoms with Crippen molar-refractivity contribution in [3.63, 3.8) is 0 Å². The van der Waals surface area contributed by atoms with Gasteiger partial charge in [-0.2, -0.15) is 0 Å². The fourth-order valence-electron chi connectivity index (χ4n) is 9.40. The van der Waals surface area contributed by atoms with Gasteiger partial charge < -0.3 is 96.1 Å². The zero-order valence-corrected chi connectivity index (χ0v) is 59.9. The van der Waals surface area contributed by atoms with E-state index in [0.717, 1.165) is 79.1 Å². The van der Waals surface area contributed by atoms with Crippen LogP contribution >= 0.6 is 0 Å². The molecule has 554 valence electrons. The molecule has 0 amide bonds. The number of esters is 5. The molecule has 0 unspecified atom stereocenters. The second kappa shape index (κ2) is 51.9. The Morgan fingerprint density at radius 2 is 0.490 bits per heavy atom. The number of benzene rings is 7. The number of aryl methyl sites for hydroxylation is 1. The fraction of sp³-hybridized carbons (Fsp3) is 0.405. The van der Waals surface area contributed by atoms with Crippen LogP contribution in [0.25, 0.3) is 0 Å². The number of hydrogen-bond acceptors (Lipinski definition) is 23. The number of anilines is 3. The summed E-state index contributed by atoms with van der Waals surface area (Å²) in [5.41, 5.74) is 58.0. The van der Waals surface area contributed by atoms with Gasteiger partial charge >= 0.3 is 29.8 Å². The Kier molecular flexibility index (Phi) is 43.4. The highest BCUT2D eigenvalue weighted by Gasteiger charge is 2.34. The molecule has 21 N–H and O–H groups in total. The van der Waals surface area contributed by atoms with Crippen molar-refractivity contribution in [3.05, 3.63) is 231 Å². The summed E-state index contributed by atoms with van der Waals surface area (Å²) in [6.45, 7) is 12.9. The number of carbonyl (C=O) groups excluding carboxylic acids is 5. The topological polar surface area (TPSA) is 400 Å². The van der Waals surface area contributed by atoms with E-state index in [0.29, 0.717) is 143 Å². The molecule has 23 nitrogen and oxygen atoms in total. The Labute approximate surface area is 603 Å². The molecule has 102 heavy (non-hydrogen) atoms. The predicted octanol–water partition coefficient (Wildman–Crippen LogP) is 7.74. The lowest BCUT2D eigenvalue weighted by molar-refractivity contribution is -0.162. The Balaban J connectivity index is 0.000000360. The molecule has 0 radical (unpaired) electrons. The van der Waals surface area contributed by atoms with E-state index in [1.54, 1.807) is 0 Å². The summed E-state index contributed by atoms with van der Waals surface area (Å²) < 4.78 is 27.4. The van der Waals surface area contributed by atoms with E-state index in [9.17, 15) is 24.0 Å². The lowest BCUT2D eigenvalue weighted by Crippen LogP contribution is -2.39. The van der Waals surface area contributed by atoms with Crippen molar-refractivity contribution in [2.75, 3.05) is 83.0 Å². The summed E-state index contributed by atoms with van der Waals surface area (Å²) in [5, 5.41) is 16.2. The molecule has 0 spiro atoms. The van der Waals surface area contributed by atoms with Crippen LogP contribution in [0.2, 0.25) is 0 Å². The van der Waals surface area contributed by atoms with Gasteiger partial charge in [0.2, 0.25) is 0 Å². The SMILES string of the molecule is CCc1ccc(CNCCC(=O)OCC(CC)(COC(=O)CCNCc2ccc(CN)cc2)COC(=O)CCNCc2ccc(CN)cc2)cc1.NCc1ccc(CN)cc1.NCc1ccc(N)cc1.Nc1ccc(CNCCC(=O)OCCCCOC(=O)CCNCc2ccc(N)cc2)cc1. The normalized spacial score (nSPS) is 10.8. The third-order valence-corrected chi connectivity index (χ3v) is 16.2. The van der Waals surface area contributed by atoms with Gasteiger partial charge in [-0.05, 0) is 123 Å². The molecule has 0 aliphatic carbocycles. The number of unbranched alkanes of at least 4 members (excludes halogenated alkanes) is 1. The molecule has 23 heteroatoms. The Bertz CT molecular complexity index is 3140. The standard InChI is InChI=1S/C40H57N5O6.C24H34N4O4.C8H12N2.C7H10N2/c1-3-31-5-11-34(12-6-31)25-43-20-17-37(46)49-28-40(4-2,29-50-38(47)18-21-44-26-35-13-7-32(23-41)8-14-35)30-51-39(48)19-22-45-27-36-15-9-33(24-42)10-16-36;25-21-7-3-19(4-8-21)17-27-13-11-23(29)31-15-1-2-16-32-24(30)12-14-28-18-20-5-9-22(26)10-6-20;9-5-7-1-2-8(6-10)4-3-7;8-5-6-1-3-7(9)4-2-6/h5-16,43-45H,3-4,17-30,41-42H2,1-2H3;3-10,27-28H,1-2,11-18,25-26H2;1-4H,5-6,9-10H2;1-4H,5,8-9H2. The van der Waals surface area contributed by atoms with Gasteiger partial charge in [-0.3, -0.25) is 24.0 Å². The molecule has 0 aliphatic rings. The van der Waals surface area contributed by atoms with Crippen LogP contribution in [0.3, 0.4) is 0 Å². The van der Waals surface area contributed by atoms with Gasteiger partial charge in [0.05, 0.1) is 50.7 Å². The molecule has 0 atom stereocenters. The van der Waals surface area contributed by atoms with Crippen LogP contribution in [0.1, 0.15) is 126 Å². The second-order valence-electron chi connectivity index (χ2n) is 24.5. The first-order valence-corrected chi connectivity index (χ1v) is 35.2. The number of nitrogen functional groups attached to an aromatic ring is 3. The molecule has 0 heterocycles. The molecule has 0 aliphatic heterocycles. The minimum Gasteiger partial charge on any atom is -0.466 e. The summed E-state index contributed by atoms with van der Waals surface area (Å²) in [6, 6.07) is 55.1. The number of nitrogens with two attached hydrogens (primary N) is 8. The van der Waals surface area contributed by atoms with Crippen molar-refractivity contribution in [3.8, 4) is 0 Å². The first kappa shape index (κ1) is 85.3. The number of rotatable bonds is 43. The Hall–Kier alpha value is -9.11. The van der Waals surface area contributed by atoms with Crippen LogP contribution in [-0.2, 0) is 120 Å².